The Bertz CT molecular complexity index is 1430. The number of anilines is 1. The minimum absolute atomic E-state index is 0.0808. The molecule has 34 heavy (non-hydrogen) atoms. The summed E-state index contributed by atoms with van der Waals surface area (Å²) in [4.78, 5) is 27.1. The van der Waals surface area contributed by atoms with Gasteiger partial charge in [-0.25, -0.2) is 8.78 Å². The van der Waals surface area contributed by atoms with Gasteiger partial charge in [0.2, 0.25) is 5.76 Å². The molecule has 0 radical (unpaired) electrons. The molecule has 0 aliphatic carbocycles. The summed E-state index contributed by atoms with van der Waals surface area (Å²) < 4.78 is 33.1. The number of rotatable bonds is 5. The number of amides is 2. The smallest absolute Gasteiger partial charge is 0.286 e. The SMILES string of the molecule is NC(=O)c1oc2c(F)cc(F)cc2c1NC(=O)c1cccc(CN2CCc3ccccc3C2)c1. The lowest BCUT2D eigenvalue weighted by Gasteiger charge is -2.28. The van der Waals surface area contributed by atoms with Crippen LogP contribution in [-0.4, -0.2) is 23.3 Å². The number of furan rings is 1. The highest BCUT2D eigenvalue weighted by molar-refractivity contribution is 6.14. The first-order valence-electron chi connectivity index (χ1n) is 10.8. The van der Waals surface area contributed by atoms with Gasteiger partial charge in [0.25, 0.3) is 11.8 Å². The minimum Gasteiger partial charge on any atom is -0.446 e. The molecule has 0 spiro atoms. The quantitative estimate of drug-likeness (QED) is 0.454. The molecule has 0 bridgehead atoms. The lowest BCUT2D eigenvalue weighted by molar-refractivity contribution is 0.0977. The van der Waals surface area contributed by atoms with E-state index < -0.39 is 29.2 Å². The van der Waals surface area contributed by atoms with Gasteiger partial charge in [-0.3, -0.25) is 14.5 Å². The van der Waals surface area contributed by atoms with Crippen LogP contribution in [0.3, 0.4) is 0 Å². The maximum atomic E-state index is 14.1. The molecule has 0 saturated carbocycles. The van der Waals surface area contributed by atoms with E-state index in [1.807, 2.05) is 18.2 Å². The second kappa shape index (κ2) is 8.72. The molecule has 172 valence electrons. The number of carbonyl (C=O) groups is 2. The van der Waals surface area contributed by atoms with Crippen LogP contribution in [0.1, 0.15) is 37.6 Å². The highest BCUT2D eigenvalue weighted by Gasteiger charge is 2.24. The molecule has 4 aromatic rings. The van der Waals surface area contributed by atoms with Crippen LogP contribution in [-0.2, 0) is 19.5 Å². The molecule has 0 atom stereocenters. The molecule has 6 nitrogen and oxygen atoms in total. The number of nitrogens with one attached hydrogen (secondary N) is 1. The van der Waals surface area contributed by atoms with Crippen molar-refractivity contribution in [2.24, 2.45) is 5.73 Å². The summed E-state index contributed by atoms with van der Waals surface area (Å²) in [6.45, 7) is 2.40. The lowest BCUT2D eigenvalue weighted by Crippen LogP contribution is -2.30. The number of fused-ring (bicyclic) bond motifs is 2. The molecular weight excluding hydrogens is 440 g/mol. The van der Waals surface area contributed by atoms with Gasteiger partial charge in [-0.1, -0.05) is 36.4 Å². The zero-order valence-electron chi connectivity index (χ0n) is 18.1. The van der Waals surface area contributed by atoms with E-state index in [-0.39, 0.29) is 16.7 Å². The molecule has 0 fully saturated rings. The fourth-order valence-corrected chi connectivity index (χ4v) is 4.37. The van der Waals surface area contributed by atoms with Gasteiger partial charge in [0.05, 0.1) is 5.39 Å². The summed E-state index contributed by atoms with van der Waals surface area (Å²) >= 11 is 0. The van der Waals surface area contributed by atoms with Gasteiger partial charge in [-0.15, -0.1) is 0 Å². The number of primary amides is 1. The van der Waals surface area contributed by atoms with Crippen molar-refractivity contribution < 1.29 is 22.8 Å². The maximum Gasteiger partial charge on any atom is 0.286 e. The summed E-state index contributed by atoms with van der Waals surface area (Å²) in [7, 11) is 0. The fraction of sp³-hybridized carbons (Fsp3) is 0.154. The largest absolute Gasteiger partial charge is 0.446 e. The van der Waals surface area contributed by atoms with Gasteiger partial charge in [-0.05, 0) is 41.3 Å². The van der Waals surface area contributed by atoms with Gasteiger partial charge in [0.15, 0.2) is 11.4 Å². The van der Waals surface area contributed by atoms with Crippen molar-refractivity contribution in [1.29, 1.82) is 0 Å². The summed E-state index contributed by atoms with van der Waals surface area (Å²) in [5, 5.41) is 2.47. The maximum absolute atomic E-state index is 14.1. The third-order valence-electron chi connectivity index (χ3n) is 5.98. The van der Waals surface area contributed by atoms with E-state index >= 15 is 0 Å². The van der Waals surface area contributed by atoms with Crippen LogP contribution >= 0.6 is 0 Å². The second-order valence-electron chi connectivity index (χ2n) is 8.32. The Morgan fingerprint density at radius 2 is 1.82 bits per heavy atom. The molecule has 0 unspecified atom stereocenters. The Kier molecular flexibility index (Phi) is 5.59. The third-order valence-corrected chi connectivity index (χ3v) is 5.98. The van der Waals surface area contributed by atoms with E-state index in [2.05, 4.69) is 22.3 Å². The first-order valence-corrected chi connectivity index (χ1v) is 10.8. The molecule has 8 heteroatoms. The van der Waals surface area contributed by atoms with Crippen molar-refractivity contribution in [2.75, 3.05) is 11.9 Å². The number of hydrogen-bond donors (Lipinski definition) is 2. The second-order valence-corrected chi connectivity index (χ2v) is 8.32. The van der Waals surface area contributed by atoms with E-state index in [4.69, 9.17) is 10.2 Å². The average Bonchev–Trinajstić information content (AvgIpc) is 3.18. The van der Waals surface area contributed by atoms with Gasteiger partial charge in [0, 0.05) is 31.3 Å². The van der Waals surface area contributed by atoms with Crippen LogP contribution in [0.5, 0.6) is 0 Å². The van der Waals surface area contributed by atoms with Crippen molar-refractivity contribution in [3.05, 3.63) is 100 Å². The van der Waals surface area contributed by atoms with Gasteiger partial charge >= 0.3 is 0 Å². The molecule has 1 aromatic heterocycles. The van der Waals surface area contributed by atoms with Crippen molar-refractivity contribution in [2.45, 2.75) is 19.5 Å². The van der Waals surface area contributed by atoms with Crippen LogP contribution in [0.2, 0.25) is 0 Å². The number of nitrogens with zero attached hydrogens (tertiary/aromatic N) is 1. The van der Waals surface area contributed by atoms with E-state index in [0.29, 0.717) is 18.2 Å². The summed E-state index contributed by atoms with van der Waals surface area (Å²) in [5.74, 6) is -3.88. The molecule has 3 N–H and O–H groups in total. The topological polar surface area (TPSA) is 88.6 Å². The van der Waals surface area contributed by atoms with Crippen molar-refractivity contribution in [1.82, 2.24) is 4.90 Å². The molecule has 0 saturated heterocycles. The van der Waals surface area contributed by atoms with Gasteiger partial charge < -0.3 is 15.5 Å². The van der Waals surface area contributed by atoms with Crippen LogP contribution in [0.15, 0.2) is 65.1 Å². The third kappa shape index (κ3) is 4.15. The fourth-order valence-electron chi connectivity index (χ4n) is 4.37. The molecule has 1 aliphatic rings. The average molecular weight is 461 g/mol. The number of nitrogens with two attached hydrogens (primary N) is 1. The van der Waals surface area contributed by atoms with E-state index in [9.17, 15) is 18.4 Å². The van der Waals surface area contributed by atoms with Crippen molar-refractivity contribution >= 4 is 28.5 Å². The van der Waals surface area contributed by atoms with Crippen molar-refractivity contribution in [3.8, 4) is 0 Å². The Balaban J connectivity index is 1.38. The standard InChI is InChI=1S/C26H21F2N3O3/c27-19-11-20-22(24(25(29)32)34-23(20)21(28)12-19)30-26(33)17-7-3-4-15(10-17)13-31-9-8-16-5-1-2-6-18(16)14-31/h1-7,10-12H,8-9,13-14H2,(H2,29,32)(H,30,33). The zero-order chi connectivity index (χ0) is 23.8. The molecule has 5 rings (SSSR count). The Labute approximate surface area is 194 Å². The number of benzene rings is 3. The molecule has 2 heterocycles. The first kappa shape index (κ1) is 21.8. The Morgan fingerprint density at radius 1 is 1.03 bits per heavy atom. The van der Waals surface area contributed by atoms with Crippen LogP contribution < -0.4 is 11.1 Å². The number of halogens is 2. The predicted molar refractivity (Wildman–Crippen MR) is 123 cm³/mol. The van der Waals surface area contributed by atoms with E-state index in [1.54, 1.807) is 18.2 Å². The number of carbonyl (C=O) groups excluding carboxylic acids is 2. The first-order chi connectivity index (χ1) is 16.4. The monoisotopic (exact) mass is 461 g/mol. The lowest BCUT2D eigenvalue weighted by atomic mass is 9.99. The number of hydrogen-bond acceptors (Lipinski definition) is 4. The highest BCUT2D eigenvalue weighted by Crippen LogP contribution is 2.33. The Hall–Kier alpha value is -4.04. The predicted octanol–water partition coefficient (Wildman–Crippen LogP) is 4.62. The van der Waals surface area contributed by atoms with E-state index in [1.165, 1.54) is 11.1 Å². The zero-order valence-corrected chi connectivity index (χ0v) is 18.1. The van der Waals surface area contributed by atoms with Crippen LogP contribution in [0, 0.1) is 11.6 Å². The molecular formula is C26H21F2N3O3. The van der Waals surface area contributed by atoms with Crippen LogP contribution in [0.25, 0.3) is 11.0 Å². The van der Waals surface area contributed by atoms with Crippen molar-refractivity contribution in [3.63, 3.8) is 0 Å². The summed E-state index contributed by atoms with van der Waals surface area (Å²) in [6, 6.07) is 17.0. The summed E-state index contributed by atoms with van der Waals surface area (Å²) in [6.07, 6.45) is 0.965. The Morgan fingerprint density at radius 3 is 2.62 bits per heavy atom. The minimum atomic E-state index is -1.01. The molecule has 3 aromatic carbocycles. The summed E-state index contributed by atoms with van der Waals surface area (Å²) in [5.41, 5.74) is 8.75. The van der Waals surface area contributed by atoms with Gasteiger partial charge in [-0.2, -0.15) is 0 Å². The highest BCUT2D eigenvalue weighted by atomic mass is 19.1. The van der Waals surface area contributed by atoms with Gasteiger partial charge in [0.1, 0.15) is 11.5 Å². The molecule has 1 aliphatic heterocycles. The van der Waals surface area contributed by atoms with E-state index in [0.717, 1.165) is 31.1 Å². The normalized spacial score (nSPS) is 13.6. The van der Waals surface area contributed by atoms with Crippen LogP contribution in [0.4, 0.5) is 14.5 Å². The molecule has 2 amide bonds.